The van der Waals surface area contributed by atoms with Gasteiger partial charge in [-0.3, -0.25) is 19.8 Å². The lowest BCUT2D eigenvalue weighted by Crippen LogP contribution is -2.59. The molecule has 1 fully saturated rings. The van der Waals surface area contributed by atoms with Crippen molar-refractivity contribution in [3.8, 4) is 5.75 Å². The van der Waals surface area contributed by atoms with Crippen LogP contribution in [0.25, 0.3) is 0 Å². The molecule has 1 aliphatic heterocycles. The second kappa shape index (κ2) is 6.07. The Kier molecular flexibility index (Phi) is 4.47. The molecule has 130 valence electrons. The molecule has 1 saturated heterocycles. The lowest BCUT2D eigenvalue weighted by atomic mass is 10.2. The highest BCUT2D eigenvalue weighted by Gasteiger charge is 2.44. The highest BCUT2D eigenvalue weighted by Crippen LogP contribution is 2.25. The Morgan fingerprint density at radius 3 is 2.46 bits per heavy atom. The van der Waals surface area contributed by atoms with Crippen LogP contribution >= 0.6 is 0 Å². The molecule has 3 amide bonds. The summed E-state index contributed by atoms with van der Waals surface area (Å²) in [6.45, 7) is 1.10. The Morgan fingerprint density at radius 2 is 1.92 bits per heavy atom. The van der Waals surface area contributed by atoms with Crippen molar-refractivity contribution in [1.29, 1.82) is 0 Å². The number of imide groups is 1. The van der Waals surface area contributed by atoms with Crippen LogP contribution in [0.15, 0.2) is 18.2 Å². The molecule has 1 unspecified atom stereocenters. The van der Waals surface area contributed by atoms with Gasteiger partial charge < -0.3 is 9.08 Å². The fraction of sp³-hybridized carbons (Fsp3) is 0.385. The maximum Gasteiger partial charge on any atom is 0.326 e. The van der Waals surface area contributed by atoms with Crippen LogP contribution in [0, 0.1) is 17.0 Å². The number of nitro groups is 1. The van der Waals surface area contributed by atoms with Gasteiger partial charge in [0.05, 0.1) is 11.5 Å². The smallest absolute Gasteiger partial charge is 0.326 e. The first-order valence-electron chi connectivity index (χ1n) is 6.75. The number of hydrogen-bond donors (Lipinski definition) is 0. The second-order valence-electron chi connectivity index (χ2n) is 5.33. The zero-order valence-corrected chi connectivity index (χ0v) is 13.9. The average Bonchev–Trinajstić information content (AvgIpc) is 2.47. The van der Waals surface area contributed by atoms with Crippen LogP contribution in [0.2, 0.25) is 0 Å². The number of aryl methyl sites for hydroxylation is 1. The second-order valence-corrected chi connectivity index (χ2v) is 7.05. The molecule has 10 nitrogen and oxygen atoms in total. The molecule has 24 heavy (non-hydrogen) atoms. The summed E-state index contributed by atoms with van der Waals surface area (Å²) in [5.74, 6) is -1.04. The molecule has 1 aromatic carbocycles. The van der Waals surface area contributed by atoms with Crippen LogP contribution in [-0.2, 0) is 14.9 Å². The van der Waals surface area contributed by atoms with Crippen molar-refractivity contribution in [2.24, 2.45) is 0 Å². The third-order valence-corrected chi connectivity index (χ3v) is 5.06. The molecule has 2 rings (SSSR count). The van der Waals surface area contributed by atoms with Crippen molar-refractivity contribution in [3.63, 3.8) is 0 Å². The zero-order valence-electron chi connectivity index (χ0n) is 13.1. The van der Waals surface area contributed by atoms with Gasteiger partial charge in [-0.2, -0.15) is 8.42 Å². The van der Waals surface area contributed by atoms with Crippen LogP contribution in [0.4, 0.5) is 10.5 Å². The Balaban J connectivity index is 2.28. The largest absolute Gasteiger partial charge is 0.382 e. The Hall–Kier alpha value is -2.69. The molecule has 11 heteroatoms. The monoisotopic (exact) mass is 357 g/mol. The van der Waals surface area contributed by atoms with E-state index in [4.69, 9.17) is 4.18 Å². The topological polar surface area (TPSA) is 127 Å². The van der Waals surface area contributed by atoms with Crippen molar-refractivity contribution < 1.29 is 27.1 Å². The molecule has 0 N–H and O–H groups in total. The van der Waals surface area contributed by atoms with E-state index in [0.717, 1.165) is 17.0 Å². The Bertz CT molecular complexity index is 821. The maximum atomic E-state index is 12.4. The van der Waals surface area contributed by atoms with Crippen molar-refractivity contribution in [1.82, 2.24) is 9.80 Å². The van der Waals surface area contributed by atoms with E-state index in [2.05, 4.69) is 0 Å². The van der Waals surface area contributed by atoms with E-state index in [1.54, 1.807) is 0 Å². The number of rotatable bonds is 4. The first kappa shape index (κ1) is 17.7. The first-order chi connectivity index (χ1) is 11.0. The number of amides is 3. The number of nitrogens with zero attached hydrogens (tertiary/aromatic N) is 3. The van der Waals surface area contributed by atoms with E-state index < -0.39 is 32.2 Å². The van der Waals surface area contributed by atoms with Gasteiger partial charge in [0.1, 0.15) is 5.75 Å². The quantitative estimate of drug-likeness (QED) is 0.436. The van der Waals surface area contributed by atoms with E-state index >= 15 is 0 Å². The van der Waals surface area contributed by atoms with Crippen molar-refractivity contribution in [2.75, 3.05) is 20.6 Å². The number of urea groups is 1. The third kappa shape index (κ3) is 3.15. The average molecular weight is 357 g/mol. The molecule has 1 heterocycles. The summed E-state index contributed by atoms with van der Waals surface area (Å²) < 4.78 is 29.6. The van der Waals surface area contributed by atoms with Crippen LogP contribution in [0.3, 0.4) is 0 Å². The predicted octanol–water partition coefficient (Wildman–Crippen LogP) is 0.504. The molecule has 0 aliphatic carbocycles. The summed E-state index contributed by atoms with van der Waals surface area (Å²) in [5, 5.41) is 9.20. The van der Waals surface area contributed by atoms with Gasteiger partial charge in [0.2, 0.25) is 0 Å². The van der Waals surface area contributed by atoms with Gasteiger partial charge in [-0.1, -0.05) is 0 Å². The van der Waals surface area contributed by atoms with Crippen molar-refractivity contribution in [2.45, 2.75) is 12.2 Å². The molecule has 1 atom stereocenters. The van der Waals surface area contributed by atoms with Crippen LogP contribution in [0.1, 0.15) is 5.56 Å². The van der Waals surface area contributed by atoms with Gasteiger partial charge in [0.15, 0.2) is 5.25 Å². The third-order valence-electron chi connectivity index (χ3n) is 3.58. The summed E-state index contributed by atoms with van der Waals surface area (Å²) in [7, 11) is -1.84. The van der Waals surface area contributed by atoms with Gasteiger partial charge in [-0.25, -0.2) is 4.79 Å². The minimum Gasteiger partial charge on any atom is -0.382 e. The fourth-order valence-electron chi connectivity index (χ4n) is 2.26. The molecule has 0 bridgehead atoms. The van der Waals surface area contributed by atoms with E-state index in [9.17, 15) is 28.1 Å². The highest BCUT2D eigenvalue weighted by molar-refractivity contribution is 7.88. The maximum absolute atomic E-state index is 12.4. The Labute approximate surface area is 137 Å². The lowest BCUT2D eigenvalue weighted by Gasteiger charge is -2.33. The standard InChI is InChI=1S/C13H15N3O7S/c1-8-6-9(4-5-10(8)16(19)20)23-24(21,22)11-7-14(2)13(18)15(3)12(11)17/h4-6,11H,7H2,1-3H3. The number of hydrogen-bond acceptors (Lipinski definition) is 7. The highest BCUT2D eigenvalue weighted by atomic mass is 32.2. The summed E-state index contributed by atoms with van der Waals surface area (Å²) in [6.07, 6.45) is 0. The molecule has 0 saturated carbocycles. The predicted molar refractivity (Wildman–Crippen MR) is 82.0 cm³/mol. The van der Waals surface area contributed by atoms with E-state index in [-0.39, 0.29) is 23.5 Å². The first-order valence-corrected chi connectivity index (χ1v) is 8.22. The lowest BCUT2D eigenvalue weighted by molar-refractivity contribution is -0.385. The molecular weight excluding hydrogens is 342 g/mol. The molecule has 0 radical (unpaired) electrons. The normalized spacial score (nSPS) is 18.7. The zero-order chi connectivity index (χ0) is 18.2. The number of carbonyl (C=O) groups excluding carboxylic acids is 2. The summed E-state index contributed by atoms with van der Waals surface area (Å²) in [4.78, 5) is 35.7. The number of nitro benzene ring substituents is 1. The van der Waals surface area contributed by atoms with Crippen LogP contribution in [-0.4, -0.2) is 61.0 Å². The SMILES string of the molecule is Cc1cc(OS(=O)(=O)C2CN(C)C(=O)N(C)C2=O)ccc1[N+](=O)[O-]. The van der Waals surface area contributed by atoms with E-state index in [1.807, 2.05) is 0 Å². The van der Waals surface area contributed by atoms with Gasteiger partial charge in [-0.15, -0.1) is 0 Å². The van der Waals surface area contributed by atoms with Crippen LogP contribution < -0.4 is 4.18 Å². The van der Waals surface area contributed by atoms with Crippen molar-refractivity contribution in [3.05, 3.63) is 33.9 Å². The summed E-state index contributed by atoms with van der Waals surface area (Å²) in [6, 6.07) is 2.83. The van der Waals surface area contributed by atoms with Gasteiger partial charge in [0.25, 0.3) is 11.6 Å². The van der Waals surface area contributed by atoms with E-state index in [0.29, 0.717) is 4.90 Å². The van der Waals surface area contributed by atoms with Gasteiger partial charge in [-0.05, 0) is 19.1 Å². The number of benzene rings is 1. The molecule has 0 spiro atoms. The molecule has 1 aliphatic rings. The Morgan fingerprint density at radius 1 is 1.29 bits per heavy atom. The van der Waals surface area contributed by atoms with E-state index in [1.165, 1.54) is 27.1 Å². The number of carbonyl (C=O) groups is 2. The van der Waals surface area contributed by atoms with Gasteiger partial charge in [0, 0.05) is 25.7 Å². The van der Waals surface area contributed by atoms with Crippen molar-refractivity contribution >= 4 is 27.7 Å². The summed E-state index contributed by atoms with van der Waals surface area (Å²) in [5.41, 5.74) is 0.0330. The summed E-state index contributed by atoms with van der Waals surface area (Å²) >= 11 is 0. The van der Waals surface area contributed by atoms with Crippen LogP contribution in [0.5, 0.6) is 5.75 Å². The molecule has 0 aromatic heterocycles. The minimum atomic E-state index is -4.38. The minimum absolute atomic E-state index is 0.145. The van der Waals surface area contributed by atoms with Gasteiger partial charge >= 0.3 is 16.1 Å². The fourth-order valence-corrected chi connectivity index (χ4v) is 3.56. The molecule has 1 aromatic rings. The molecular formula is C13H15N3O7S.